The molecule has 0 amide bonds. The highest BCUT2D eigenvalue weighted by molar-refractivity contribution is 7.19. The van der Waals surface area contributed by atoms with Gasteiger partial charge in [0.15, 0.2) is 8.07 Å². The quantitative estimate of drug-likeness (QED) is 0.0880. The van der Waals surface area contributed by atoms with Gasteiger partial charge in [-0.05, 0) is 98.5 Å². The second-order valence-electron chi connectivity index (χ2n) is 14.7. The molecule has 5 heteroatoms. The lowest BCUT2D eigenvalue weighted by atomic mass is 9.92. The standard InChI is InChI=1S/C53H38N4Si/c1-37-17-15-25-42(33-37)58(40-21-7-3-8-22-40,41-23-9-4-10-24-41)43-26-16-20-39(34-43)46-36-51(49-28-12-14-32-55-49)57-53-47(46)35-45(38-18-5-2-6-19-38)44-29-30-50(56-52(44)53)48-27-11-13-31-54-48/h2-36H,1H3. The summed E-state index contributed by atoms with van der Waals surface area (Å²) in [6, 6.07) is 71.9. The van der Waals surface area contributed by atoms with Crippen LogP contribution >= 0.6 is 0 Å². The van der Waals surface area contributed by atoms with Gasteiger partial charge in [-0.1, -0.05) is 157 Å². The van der Waals surface area contributed by atoms with Crippen LogP contribution in [-0.4, -0.2) is 28.0 Å². The van der Waals surface area contributed by atoms with Crippen LogP contribution in [0.2, 0.25) is 0 Å². The summed E-state index contributed by atoms with van der Waals surface area (Å²) in [5.41, 5.74) is 10.5. The van der Waals surface area contributed by atoms with Crippen molar-refractivity contribution in [1.29, 1.82) is 0 Å². The van der Waals surface area contributed by atoms with Crippen LogP contribution in [0.1, 0.15) is 5.56 Å². The summed E-state index contributed by atoms with van der Waals surface area (Å²) in [5.74, 6) is 0. The van der Waals surface area contributed by atoms with Crippen LogP contribution in [0.3, 0.4) is 0 Å². The van der Waals surface area contributed by atoms with Gasteiger partial charge in [0.1, 0.15) is 0 Å². The van der Waals surface area contributed by atoms with Crippen molar-refractivity contribution in [3.05, 3.63) is 218 Å². The molecule has 10 rings (SSSR count). The topological polar surface area (TPSA) is 51.6 Å². The number of nitrogens with zero attached hydrogens (tertiary/aromatic N) is 4. The van der Waals surface area contributed by atoms with E-state index in [1.807, 2.05) is 48.8 Å². The molecule has 0 bridgehead atoms. The van der Waals surface area contributed by atoms with Crippen LogP contribution in [0, 0.1) is 6.92 Å². The number of hydrogen-bond acceptors (Lipinski definition) is 4. The molecule has 6 aromatic carbocycles. The van der Waals surface area contributed by atoms with E-state index in [1.54, 1.807) is 0 Å². The van der Waals surface area contributed by atoms with Crippen LogP contribution in [0.25, 0.3) is 66.8 Å². The summed E-state index contributed by atoms with van der Waals surface area (Å²) in [6.45, 7) is 2.19. The third-order valence-corrected chi connectivity index (χ3v) is 15.9. The summed E-state index contributed by atoms with van der Waals surface area (Å²) in [4.78, 5) is 20.3. The van der Waals surface area contributed by atoms with Gasteiger partial charge in [-0.15, -0.1) is 0 Å². The molecule has 4 nitrogen and oxygen atoms in total. The first-order valence-electron chi connectivity index (χ1n) is 19.6. The fourth-order valence-electron chi connectivity index (χ4n) is 8.53. The van der Waals surface area contributed by atoms with Crippen molar-refractivity contribution in [2.24, 2.45) is 0 Å². The van der Waals surface area contributed by atoms with E-state index in [1.165, 1.54) is 26.3 Å². The molecular formula is C53H38N4Si. The number of hydrogen-bond donors (Lipinski definition) is 0. The molecule has 4 heterocycles. The Labute approximate surface area is 339 Å². The average Bonchev–Trinajstić information content (AvgIpc) is 3.30. The molecule has 58 heavy (non-hydrogen) atoms. The molecule has 10 aromatic rings. The molecule has 0 unspecified atom stereocenters. The van der Waals surface area contributed by atoms with Gasteiger partial charge >= 0.3 is 0 Å². The second kappa shape index (κ2) is 15.0. The SMILES string of the molecule is Cc1cccc([Si](c2ccccc2)(c2ccccc2)c2cccc(-c3cc(-c4ccccn4)nc4c3cc(-c3ccccc3)c3ccc(-c5ccccn5)nc34)c2)c1. The highest BCUT2D eigenvalue weighted by Crippen LogP contribution is 2.40. The Balaban J connectivity index is 1.31. The molecule has 0 N–H and O–H groups in total. The molecule has 0 saturated carbocycles. The predicted molar refractivity (Wildman–Crippen MR) is 243 cm³/mol. The first-order chi connectivity index (χ1) is 28.7. The first kappa shape index (κ1) is 35.1. The molecule has 0 spiro atoms. The van der Waals surface area contributed by atoms with E-state index in [0.29, 0.717) is 0 Å². The van der Waals surface area contributed by atoms with Gasteiger partial charge in [0.05, 0.1) is 33.8 Å². The zero-order valence-corrected chi connectivity index (χ0v) is 33.0. The molecule has 0 aliphatic rings. The molecule has 0 aliphatic carbocycles. The van der Waals surface area contributed by atoms with Gasteiger partial charge in [0.2, 0.25) is 0 Å². The number of benzene rings is 6. The minimum Gasteiger partial charge on any atom is -0.255 e. The zero-order chi connectivity index (χ0) is 38.9. The third kappa shape index (κ3) is 6.19. The van der Waals surface area contributed by atoms with Gasteiger partial charge in [0.25, 0.3) is 0 Å². The molecule has 0 aliphatic heterocycles. The maximum atomic E-state index is 5.42. The van der Waals surface area contributed by atoms with Crippen molar-refractivity contribution in [2.75, 3.05) is 0 Å². The minimum atomic E-state index is -2.84. The number of pyridine rings is 4. The lowest BCUT2D eigenvalue weighted by Crippen LogP contribution is -2.74. The average molecular weight is 759 g/mol. The zero-order valence-electron chi connectivity index (χ0n) is 32.0. The Hall–Kier alpha value is -7.34. The van der Waals surface area contributed by atoms with E-state index in [-0.39, 0.29) is 0 Å². The Morgan fingerprint density at radius 3 is 1.50 bits per heavy atom. The van der Waals surface area contributed by atoms with Gasteiger partial charge in [-0.25, -0.2) is 9.97 Å². The second-order valence-corrected chi connectivity index (χ2v) is 18.5. The van der Waals surface area contributed by atoms with Gasteiger partial charge < -0.3 is 0 Å². The number of fused-ring (bicyclic) bond motifs is 3. The fourth-order valence-corrected chi connectivity index (χ4v) is 13.4. The van der Waals surface area contributed by atoms with E-state index in [4.69, 9.17) is 15.0 Å². The third-order valence-electron chi connectivity index (χ3n) is 11.2. The highest BCUT2D eigenvalue weighted by Gasteiger charge is 2.41. The van der Waals surface area contributed by atoms with Crippen molar-refractivity contribution in [3.63, 3.8) is 0 Å². The predicted octanol–water partition coefficient (Wildman–Crippen LogP) is 9.93. The Bertz CT molecular complexity index is 3010. The number of rotatable bonds is 8. The fraction of sp³-hybridized carbons (Fsp3) is 0.0189. The van der Waals surface area contributed by atoms with E-state index < -0.39 is 8.07 Å². The summed E-state index contributed by atoms with van der Waals surface area (Å²) in [6.07, 6.45) is 3.64. The maximum absolute atomic E-state index is 5.42. The summed E-state index contributed by atoms with van der Waals surface area (Å²) in [7, 11) is -2.84. The van der Waals surface area contributed by atoms with Crippen molar-refractivity contribution < 1.29 is 0 Å². The largest absolute Gasteiger partial charge is 0.255 e. The van der Waals surface area contributed by atoms with Crippen molar-refractivity contribution in [2.45, 2.75) is 6.92 Å². The molecular weight excluding hydrogens is 721 g/mol. The van der Waals surface area contributed by atoms with Crippen LogP contribution in [0.15, 0.2) is 213 Å². The van der Waals surface area contributed by atoms with Crippen LogP contribution in [0.4, 0.5) is 0 Å². The summed E-state index contributed by atoms with van der Waals surface area (Å²) >= 11 is 0. The highest BCUT2D eigenvalue weighted by atomic mass is 28.3. The van der Waals surface area contributed by atoms with Gasteiger partial charge in [0, 0.05) is 23.2 Å². The van der Waals surface area contributed by atoms with E-state index >= 15 is 0 Å². The Kier molecular flexibility index (Phi) is 9.05. The van der Waals surface area contributed by atoms with E-state index in [9.17, 15) is 0 Å². The Morgan fingerprint density at radius 2 is 0.862 bits per heavy atom. The van der Waals surface area contributed by atoms with Crippen molar-refractivity contribution in [3.8, 4) is 45.0 Å². The summed E-state index contributed by atoms with van der Waals surface area (Å²) < 4.78 is 0. The molecule has 0 fully saturated rings. The van der Waals surface area contributed by atoms with Crippen molar-refractivity contribution in [1.82, 2.24) is 19.9 Å². The van der Waals surface area contributed by atoms with Crippen LogP contribution in [-0.2, 0) is 0 Å². The first-order valence-corrected chi connectivity index (χ1v) is 21.6. The molecule has 4 aromatic heterocycles. The van der Waals surface area contributed by atoms with E-state index in [2.05, 4.69) is 176 Å². The molecule has 0 atom stereocenters. The summed E-state index contributed by atoms with van der Waals surface area (Å²) in [5, 5.41) is 7.37. The van der Waals surface area contributed by atoms with Crippen molar-refractivity contribution >= 4 is 50.6 Å². The van der Waals surface area contributed by atoms with Crippen LogP contribution < -0.4 is 20.7 Å². The number of aromatic nitrogens is 4. The van der Waals surface area contributed by atoms with Crippen LogP contribution in [0.5, 0.6) is 0 Å². The van der Waals surface area contributed by atoms with E-state index in [0.717, 1.165) is 66.8 Å². The lowest BCUT2D eigenvalue weighted by Gasteiger charge is -2.35. The molecule has 0 radical (unpaired) electrons. The Morgan fingerprint density at radius 1 is 0.345 bits per heavy atom. The van der Waals surface area contributed by atoms with Gasteiger partial charge in [-0.2, -0.15) is 0 Å². The number of aryl methyl sites for hydroxylation is 1. The maximum Gasteiger partial charge on any atom is 0.179 e. The normalized spacial score (nSPS) is 11.5. The molecule has 0 saturated heterocycles. The van der Waals surface area contributed by atoms with Gasteiger partial charge in [-0.3, -0.25) is 9.97 Å². The lowest BCUT2D eigenvalue weighted by molar-refractivity contribution is 1.26. The molecule has 274 valence electrons. The monoisotopic (exact) mass is 758 g/mol. The minimum absolute atomic E-state index is 0.792. The smallest absolute Gasteiger partial charge is 0.179 e.